The first kappa shape index (κ1) is 16.4. The van der Waals surface area contributed by atoms with Crippen LogP contribution in [0.25, 0.3) is 11.5 Å². The van der Waals surface area contributed by atoms with Crippen LogP contribution >= 0.6 is 0 Å². The number of fused-ring (bicyclic) bond motifs is 1. The molecule has 0 atom stereocenters. The van der Waals surface area contributed by atoms with Crippen LogP contribution in [0.15, 0.2) is 52.9 Å². The van der Waals surface area contributed by atoms with Gasteiger partial charge in [0.1, 0.15) is 5.82 Å². The van der Waals surface area contributed by atoms with E-state index in [0.717, 1.165) is 25.1 Å². The molecule has 0 unspecified atom stereocenters. The second kappa shape index (κ2) is 7.07. The Morgan fingerprint density at radius 1 is 1.12 bits per heavy atom. The Balaban J connectivity index is 1.42. The van der Waals surface area contributed by atoms with Gasteiger partial charge in [-0.1, -0.05) is 18.2 Å². The maximum Gasteiger partial charge on any atom is 0.247 e. The number of amides is 1. The quantitative estimate of drug-likeness (QED) is 0.718. The molecule has 0 saturated heterocycles. The van der Waals surface area contributed by atoms with Gasteiger partial charge in [0.25, 0.3) is 0 Å². The number of aromatic nitrogens is 2. The third-order valence-electron chi connectivity index (χ3n) is 4.52. The van der Waals surface area contributed by atoms with Crippen molar-refractivity contribution in [1.29, 1.82) is 0 Å². The highest BCUT2D eigenvalue weighted by Gasteiger charge is 2.22. The minimum absolute atomic E-state index is 0.0543. The number of benzene rings is 2. The topological polar surface area (TPSA) is 59.2 Å². The zero-order valence-electron chi connectivity index (χ0n) is 14.2. The number of halogens is 1. The minimum atomic E-state index is -0.319. The monoisotopic (exact) mass is 351 g/mol. The number of carbonyl (C=O) groups excluding carboxylic acids is 1. The van der Waals surface area contributed by atoms with Crippen LogP contribution in [-0.2, 0) is 17.6 Å². The van der Waals surface area contributed by atoms with Gasteiger partial charge in [-0.05, 0) is 48.7 Å². The molecule has 0 fully saturated rings. The van der Waals surface area contributed by atoms with Gasteiger partial charge < -0.3 is 9.32 Å². The summed E-state index contributed by atoms with van der Waals surface area (Å²) in [5.74, 6) is 0.471. The predicted molar refractivity (Wildman–Crippen MR) is 95.1 cm³/mol. The molecule has 3 aromatic rings. The van der Waals surface area contributed by atoms with E-state index in [1.807, 2.05) is 23.1 Å². The van der Waals surface area contributed by atoms with Crippen molar-refractivity contribution in [1.82, 2.24) is 10.2 Å². The molecule has 5 nitrogen and oxygen atoms in total. The molecular weight excluding hydrogens is 333 g/mol. The van der Waals surface area contributed by atoms with E-state index in [1.165, 1.54) is 17.7 Å². The molecule has 0 saturated carbocycles. The number of nitrogens with zero attached hydrogens (tertiary/aromatic N) is 3. The van der Waals surface area contributed by atoms with Crippen LogP contribution in [0, 0.1) is 5.82 Å². The lowest BCUT2D eigenvalue weighted by molar-refractivity contribution is -0.118. The fraction of sp³-hybridized carbons (Fsp3) is 0.250. The summed E-state index contributed by atoms with van der Waals surface area (Å²) >= 11 is 0. The molecular formula is C20H18FN3O2. The Bertz CT molecular complexity index is 921. The van der Waals surface area contributed by atoms with E-state index < -0.39 is 0 Å². The molecule has 4 rings (SSSR count). The third-order valence-corrected chi connectivity index (χ3v) is 4.52. The van der Waals surface area contributed by atoms with E-state index in [2.05, 4.69) is 16.3 Å². The van der Waals surface area contributed by atoms with Crippen molar-refractivity contribution in [3.63, 3.8) is 0 Å². The van der Waals surface area contributed by atoms with Crippen molar-refractivity contribution in [2.45, 2.75) is 25.7 Å². The highest BCUT2D eigenvalue weighted by molar-refractivity contribution is 5.94. The fourth-order valence-corrected chi connectivity index (χ4v) is 3.21. The zero-order chi connectivity index (χ0) is 17.9. The van der Waals surface area contributed by atoms with Gasteiger partial charge in [0.05, 0.1) is 0 Å². The van der Waals surface area contributed by atoms with Crippen molar-refractivity contribution in [3.05, 3.63) is 65.8 Å². The van der Waals surface area contributed by atoms with Crippen LogP contribution in [0.2, 0.25) is 0 Å². The molecule has 0 N–H and O–H groups in total. The largest absolute Gasteiger partial charge is 0.421 e. The number of hydrogen-bond acceptors (Lipinski definition) is 4. The lowest BCUT2D eigenvalue weighted by Crippen LogP contribution is -2.35. The van der Waals surface area contributed by atoms with Gasteiger partial charge in [-0.3, -0.25) is 4.79 Å². The van der Waals surface area contributed by atoms with Crippen LogP contribution in [0.3, 0.4) is 0 Å². The van der Waals surface area contributed by atoms with E-state index in [9.17, 15) is 9.18 Å². The van der Waals surface area contributed by atoms with Gasteiger partial charge in [-0.15, -0.1) is 10.2 Å². The van der Waals surface area contributed by atoms with Gasteiger partial charge in [0.15, 0.2) is 0 Å². The lowest BCUT2D eigenvalue weighted by atomic mass is 10.0. The molecule has 0 spiro atoms. The summed E-state index contributed by atoms with van der Waals surface area (Å²) in [6.07, 6.45) is 2.66. The van der Waals surface area contributed by atoms with Crippen LogP contribution < -0.4 is 4.90 Å². The van der Waals surface area contributed by atoms with Crippen molar-refractivity contribution in [2.24, 2.45) is 0 Å². The van der Waals surface area contributed by atoms with Crippen LogP contribution in [-0.4, -0.2) is 22.6 Å². The maximum atomic E-state index is 13.0. The highest BCUT2D eigenvalue weighted by Crippen LogP contribution is 2.27. The van der Waals surface area contributed by atoms with Gasteiger partial charge in [-0.2, -0.15) is 0 Å². The smallest absolute Gasteiger partial charge is 0.247 e. The second-order valence-corrected chi connectivity index (χ2v) is 6.29. The molecule has 6 heteroatoms. The molecule has 0 aliphatic carbocycles. The molecule has 1 aliphatic heterocycles. The molecule has 1 amide bonds. The summed E-state index contributed by atoms with van der Waals surface area (Å²) < 4.78 is 18.6. The molecule has 2 aromatic carbocycles. The number of rotatable bonds is 4. The predicted octanol–water partition coefficient (Wildman–Crippen LogP) is 3.79. The van der Waals surface area contributed by atoms with Gasteiger partial charge in [0, 0.05) is 30.6 Å². The summed E-state index contributed by atoms with van der Waals surface area (Å²) in [6.45, 7) is 0.737. The maximum absolute atomic E-state index is 13.0. The molecule has 1 aromatic heterocycles. The SMILES string of the molecule is O=C(CCc1nnc(-c2ccc(F)cc2)o1)N1CCCc2ccccc21. The average Bonchev–Trinajstić information content (AvgIpc) is 3.15. The van der Waals surface area contributed by atoms with Crippen molar-refractivity contribution >= 4 is 11.6 Å². The van der Waals surface area contributed by atoms with Crippen molar-refractivity contribution in [2.75, 3.05) is 11.4 Å². The Kier molecular flexibility index (Phi) is 4.48. The number of para-hydroxylation sites is 1. The molecule has 0 radical (unpaired) electrons. The standard InChI is InChI=1S/C20H18FN3O2/c21-16-9-7-15(8-10-16)20-23-22-18(26-20)11-12-19(25)24-13-3-5-14-4-1-2-6-17(14)24/h1-2,4,6-10H,3,5,11-13H2. The number of aryl methyl sites for hydroxylation is 2. The second-order valence-electron chi connectivity index (χ2n) is 6.29. The molecule has 26 heavy (non-hydrogen) atoms. The number of carbonyl (C=O) groups is 1. The summed E-state index contributed by atoms with van der Waals surface area (Å²) in [4.78, 5) is 14.5. The van der Waals surface area contributed by atoms with Gasteiger partial charge >= 0.3 is 0 Å². The van der Waals surface area contributed by atoms with E-state index in [4.69, 9.17) is 4.42 Å². The lowest BCUT2D eigenvalue weighted by Gasteiger charge is -2.29. The van der Waals surface area contributed by atoms with Crippen molar-refractivity contribution < 1.29 is 13.6 Å². The molecule has 1 aliphatic rings. The first-order valence-electron chi connectivity index (χ1n) is 8.67. The number of anilines is 1. The Labute approximate surface area is 150 Å². The first-order chi connectivity index (χ1) is 12.7. The van der Waals surface area contributed by atoms with E-state index in [1.54, 1.807) is 12.1 Å². The molecule has 0 bridgehead atoms. The third kappa shape index (κ3) is 3.35. The Morgan fingerprint density at radius 2 is 1.92 bits per heavy atom. The summed E-state index contributed by atoms with van der Waals surface area (Å²) in [5, 5.41) is 7.97. The summed E-state index contributed by atoms with van der Waals surface area (Å²) in [7, 11) is 0. The van der Waals surface area contributed by atoms with Gasteiger partial charge in [0.2, 0.25) is 17.7 Å². The minimum Gasteiger partial charge on any atom is -0.421 e. The van der Waals surface area contributed by atoms with E-state index in [0.29, 0.717) is 30.2 Å². The molecule has 132 valence electrons. The fourth-order valence-electron chi connectivity index (χ4n) is 3.21. The van der Waals surface area contributed by atoms with E-state index >= 15 is 0 Å². The highest BCUT2D eigenvalue weighted by atomic mass is 19.1. The van der Waals surface area contributed by atoms with Crippen molar-refractivity contribution in [3.8, 4) is 11.5 Å². The number of hydrogen-bond donors (Lipinski definition) is 0. The van der Waals surface area contributed by atoms with Gasteiger partial charge in [-0.25, -0.2) is 4.39 Å². The van der Waals surface area contributed by atoms with Crippen LogP contribution in [0.1, 0.15) is 24.3 Å². The summed E-state index contributed by atoms with van der Waals surface area (Å²) in [5.41, 5.74) is 2.87. The van der Waals surface area contributed by atoms with Crippen LogP contribution in [0.4, 0.5) is 10.1 Å². The zero-order valence-corrected chi connectivity index (χ0v) is 14.2. The Hall–Kier alpha value is -3.02. The first-order valence-corrected chi connectivity index (χ1v) is 8.67. The molecule has 2 heterocycles. The average molecular weight is 351 g/mol. The van der Waals surface area contributed by atoms with E-state index in [-0.39, 0.29) is 11.7 Å². The summed E-state index contributed by atoms with van der Waals surface area (Å²) in [6, 6.07) is 13.9. The normalized spacial score (nSPS) is 13.5. The van der Waals surface area contributed by atoms with Crippen LogP contribution in [0.5, 0.6) is 0 Å². The Morgan fingerprint density at radius 3 is 2.77 bits per heavy atom.